The van der Waals surface area contributed by atoms with Gasteiger partial charge in [0.1, 0.15) is 5.03 Å². The van der Waals surface area contributed by atoms with E-state index in [0.717, 1.165) is 41.0 Å². The van der Waals surface area contributed by atoms with E-state index >= 15 is 0 Å². The number of aromatic carboxylic acids is 1. The summed E-state index contributed by atoms with van der Waals surface area (Å²) < 4.78 is 0. The van der Waals surface area contributed by atoms with Gasteiger partial charge in [0.05, 0.1) is 5.56 Å². The summed E-state index contributed by atoms with van der Waals surface area (Å²) in [5.74, 6) is -0.901. The Morgan fingerprint density at radius 3 is 2.90 bits per heavy atom. The van der Waals surface area contributed by atoms with Gasteiger partial charge in [0, 0.05) is 10.6 Å². The second kappa shape index (κ2) is 5.29. The predicted octanol–water partition coefficient (Wildman–Crippen LogP) is 3.73. The van der Waals surface area contributed by atoms with E-state index in [1.165, 1.54) is 11.8 Å². The first-order valence-electron chi connectivity index (χ1n) is 6.64. The number of carboxylic acid groups (broad SMARTS) is 1. The molecule has 1 aromatic carbocycles. The second-order valence-corrected chi connectivity index (χ2v) is 6.09. The molecule has 4 heteroatoms. The van der Waals surface area contributed by atoms with Crippen LogP contribution in [-0.2, 0) is 12.8 Å². The number of carbonyl (C=O) groups is 1. The summed E-state index contributed by atoms with van der Waals surface area (Å²) in [4.78, 5) is 17.0. The van der Waals surface area contributed by atoms with Crippen molar-refractivity contribution in [3.05, 3.63) is 52.7 Å². The van der Waals surface area contributed by atoms with Crippen molar-refractivity contribution in [3.63, 3.8) is 0 Å². The van der Waals surface area contributed by atoms with Crippen molar-refractivity contribution in [1.29, 1.82) is 0 Å². The zero-order chi connectivity index (χ0) is 14.1. The molecule has 102 valence electrons. The molecule has 1 N–H and O–H groups in total. The molecule has 3 rings (SSSR count). The van der Waals surface area contributed by atoms with Gasteiger partial charge in [-0.2, -0.15) is 0 Å². The first-order chi connectivity index (χ1) is 9.63. The molecule has 0 amide bonds. The van der Waals surface area contributed by atoms with Crippen molar-refractivity contribution in [3.8, 4) is 0 Å². The average Bonchev–Trinajstić information content (AvgIpc) is 2.84. The van der Waals surface area contributed by atoms with Crippen LogP contribution in [0.2, 0.25) is 0 Å². The van der Waals surface area contributed by atoms with Crippen molar-refractivity contribution < 1.29 is 9.90 Å². The number of hydrogen-bond donors (Lipinski definition) is 1. The van der Waals surface area contributed by atoms with Crippen LogP contribution >= 0.6 is 11.8 Å². The quantitative estimate of drug-likeness (QED) is 0.933. The summed E-state index contributed by atoms with van der Waals surface area (Å²) in [5, 5.41) is 9.98. The third-order valence-electron chi connectivity index (χ3n) is 3.45. The largest absolute Gasteiger partial charge is 0.478 e. The monoisotopic (exact) mass is 285 g/mol. The maximum absolute atomic E-state index is 11.4. The smallest absolute Gasteiger partial charge is 0.338 e. The van der Waals surface area contributed by atoms with E-state index in [1.807, 2.05) is 31.2 Å². The van der Waals surface area contributed by atoms with Crippen LogP contribution in [0, 0.1) is 6.92 Å². The third kappa shape index (κ3) is 2.56. The first-order valence-corrected chi connectivity index (χ1v) is 7.46. The maximum atomic E-state index is 11.4. The number of hydrogen-bond acceptors (Lipinski definition) is 3. The summed E-state index contributed by atoms with van der Waals surface area (Å²) in [5.41, 5.74) is 3.63. The molecule has 0 unspecified atom stereocenters. The molecule has 1 aliphatic rings. The predicted molar refractivity (Wildman–Crippen MR) is 78.5 cm³/mol. The van der Waals surface area contributed by atoms with E-state index in [1.54, 1.807) is 6.07 Å². The van der Waals surface area contributed by atoms with Gasteiger partial charge in [-0.25, -0.2) is 9.78 Å². The van der Waals surface area contributed by atoms with Gasteiger partial charge in [-0.1, -0.05) is 29.5 Å². The molecule has 20 heavy (non-hydrogen) atoms. The highest BCUT2D eigenvalue weighted by atomic mass is 32.2. The molecule has 0 saturated heterocycles. The minimum absolute atomic E-state index is 0.317. The molecular weight excluding hydrogens is 270 g/mol. The van der Waals surface area contributed by atoms with Gasteiger partial charge in [0.25, 0.3) is 0 Å². The van der Waals surface area contributed by atoms with E-state index in [0.29, 0.717) is 10.6 Å². The molecule has 0 fully saturated rings. The lowest BCUT2D eigenvalue weighted by Crippen LogP contribution is -2.04. The molecule has 0 bridgehead atoms. The Kier molecular flexibility index (Phi) is 3.49. The van der Waals surface area contributed by atoms with Crippen LogP contribution in [-0.4, -0.2) is 16.1 Å². The van der Waals surface area contributed by atoms with Crippen LogP contribution in [0.1, 0.15) is 33.6 Å². The number of rotatable bonds is 3. The number of nitrogens with zero attached hydrogens (tertiary/aromatic N) is 1. The zero-order valence-corrected chi connectivity index (χ0v) is 12.0. The Hall–Kier alpha value is -1.81. The Bertz CT molecular complexity index is 682. The first kappa shape index (κ1) is 13.2. The standard InChI is InChI=1S/C16H15NO2S/c1-10-4-2-6-12(8-10)20-15-13(16(18)19)9-11-5-3-7-14(11)17-15/h2,4,6,8-9H,3,5,7H2,1H3,(H,18,19). The van der Waals surface area contributed by atoms with Gasteiger partial charge in [-0.05, 0) is 49.9 Å². The molecule has 1 aromatic heterocycles. The lowest BCUT2D eigenvalue weighted by atomic mass is 10.1. The summed E-state index contributed by atoms with van der Waals surface area (Å²) in [6, 6.07) is 9.84. The molecule has 1 heterocycles. The topological polar surface area (TPSA) is 50.2 Å². The van der Waals surface area contributed by atoms with Crippen LogP contribution < -0.4 is 0 Å². The highest BCUT2D eigenvalue weighted by Gasteiger charge is 2.20. The molecule has 0 saturated carbocycles. The van der Waals surface area contributed by atoms with Crippen molar-refractivity contribution in [2.24, 2.45) is 0 Å². The lowest BCUT2D eigenvalue weighted by Gasteiger charge is -2.08. The summed E-state index contributed by atoms with van der Waals surface area (Å²) >= 11 is 1.43. The van der Waals surface area contributed by atoms with Gasteiger partial charge in [-0.15, -0.1) is 0 Å². The summed E-state index contributed by atoms with van der Waals surface area (Å²) in [6.45, 7) is 2.03. The Morgan fingerprint density at radius 1 is 1.30 bits per heavy atom. The van der Waals surface area contributed by atoms with Crippen LogP contribution in [0.5, 0.6) is 0 Å². The van der Waals surface area contributed by atoms with Crippen LogP contribution in [0.15, 0.2) is 40.3 Å². The number of fused-ring (bicyclic) bond motifs is 1. The van der Waals surface area contributed by atoms with Gasteiger partial charge in [-0.3, -0.25) is 0 Å². The Morgan fingerprint density at radius 2 is 2.15 bits per heavy atom. The SMILES string of the molecule is Cc1cccc(Sc2nc3c(cc2C(=O)O)CCC3)c1. The molecule has 2 aromatic rings. The highest BCUT2D eigenvalue weighted by Crippen LogP contribution is 2.33. The normalized spacial score (nSPS) is 13.2. The van der Waals surface area contributed by atoms with Crippen molar-refractivity contribution in [2.45, 2.75) is 36.1 Å². The summed E-state index contributed by atoms with van der Waals surface area (Å²) in [7, 11) is 0. The average molecular weight is 285 g/mol. The van der Waals surface area contributed by atoms with Gasteiger partial charge in [0.15, 0.2) is 0 Å². The molecule has 0 radical (unpaired) electrons. The minimum Gasteiger partial charge on any atom is -0.478 e. The number of aryl methyl sites for hydroxylation is 3. The van der Waals surface area contributed by atoms with Crippen LogP contribution in [0.3, 0.4) is 0 Å². The Balaban J connectivity index is 2.01. The fourth-order valence-corrected chi connectivity index (χ4v) is 3.50. The van der Waals surface area contributed by atoms with Crippen LogP contribution in [0.4, 0.5) is 0 Å². The molecular formula is C16H15NO2S. The van der Waals surface area contributed by atoms with Gasteiger partial charge in [0.2, 0.25) is 0 Å². The molecule has 0 aliphatic heterocycles. The van der Waals surface area contributed by atoms with E-state index < -0.39 is 5.97 Å². The van der Waals surface area contributed by atoms with E-state index in [2.05, 4.69) is 4.98 Å². The molecule has 0 spiro atoms. The van der Waals surface area contributed by atoms with E-state index in [9.17, 15) is 9.90 Å². The van der Waals surface area contributed by atoms with Gasteiger partial charge >= 0.3 is 5.97 Å². The number of pyridine rings is 1. The second-order valence-electron chi connectivity index (χ2n) is 5.02. The number of benzene rings is 1. The molecule has 3 nitrogen and oxygen atoms in total. The maximum Gasteiger partial charge on any atom is 0.338 e. The van der Waals surface area contributed by atoms with Crippen LogP contribution in [0.25, 0.3) is 0 Å². The fraction of sp³-hybridized carbons (Fsp3) is 0.250. The minimum atomic E-state index is -0.901. The third-order valence-corrected chi connectivity index (χ3v) is 4.44. The van der Waals surface area contributed by atoms with Crippen molar-refractivity contribution >= 4 is 17.7 Å². The molecule has 0 atom stereocenters. The van der Waals surface area contributed by atoms with Crippen molar-refractivity contribution in [2.75, 3.05) is 0 Å². The number of carboxylic acids is 1. The van der Waals surface area contributed by atoms with Gasteiger partial charge < -0.3 is 5.11 Å². The lowest BCUT2D eigenvalue weighted by molar-refractivity contribution is 0.0692. The fourth-order valence-electron chi connectivity index (χ4n) is 2.47. The molecule has 1 aliphatic carbocycles. The summed E-state index contributed by atoms with van der Waals surface area (Å²) in [6.07, 6.45) is 2.97. The highest BCUT2D eigenvalue weighted by molar-refractivity contribution is 7.99. The zero-order valence-electron chi connectivity index (χ0n) is 11.2. The van der Waals surface area contributed by atoms with E-state index in [4.69, 9.17) is 0 Å². The van der Waals surface area contributed by atoms with Crippen molar-refractivity contribution in [1.82, 2.24) is 4.98 Å². The van der Waals surface area contributed by atoms with E-state index in [-0.39, 0.29) is 0 Å². The number of aromatic nitrogens is 1. The Labute approximate surface area is 122 Å².